The van der Waals surface area contributed by atoms with Gasteiger partial charge in [-0.05, 0) is 42.0 Å². The van der Waals surface area contributed by atoms with Gasteiger partial charge in [-0.3, -0.25) is 4.90 Å². The summed E-state index contributed by atoms with van der Waals surface area (Å²) < 4.78 is 22.8. The molecule has 0 saturated heterocycles. The fraction of sp³-hybridized carbons (Fsp3) is 0.0667. The standard InChI is InChI=1S/C15H15ClN6O2S/c16-10-3-1-9(2-4-10)13-20-14(17)21-15(18)22(13)11-5-7-12(8-6-11)25(19,23)24/h1-8,13H,(H2,19,23,24)(H4,17,18,20,21). The maximum Gasteiger partial charge on any atom is 0.238 e. The second kappa shape index (κ2) is 6.36. The zero-order valence-electron chi connectivity index (χ0n) is 12.9. The van der Waals surface area contributed by atoms with Crippen LogP contribution < -0.4 is 21.5 Å². The Kier molecular flexibility index (Phi) is 4.38. The molecule has 0 bridgehead atoms. The summed E-state index contributed by atoms with van der Waals surface area (Å²) in [5, 5.41) is 5.71. The SMILES string of the molecule is NC1=NC(c2ccc(Cl)cc2)N(c2ccc(S(N)(=O)=O)cc2)C(N)=N1. The second-order valence-corrected chi connectivity index (χ2v) is 7.29. The Morgan fingerprint density at radius 1 is 1.00 bits per heavy atom. The molecule has 1 unspecified atom stereocenters. The smallest absolute Gasteiger partial charge is 0.238 e. The van der Waals surface area contributed by atoms with Gasteiger partial charge >= 0.3 is 0 Å². The lowest BCUT2D eigenvalue weighted by atomic mass is 10.1. The summed E-state index contributed by atoms with van der Waals surface area (Å²) in [6.07, 6.45) is -0.560. The van der Waals surface area contributed by atoms with E-state index in [-0.39, 0.29) is 16.8 Å². The Hall–Kier alpha value is -2.62. The van der Waals surface area contributed by atoms with E-state index in [1.807, 2.05) is 0 Å². The number of benzene rings is 2. The first kappa shape index (κ1) is 17.2. The van der Waals surface area contributed by atoms with E-state index in [0.29, 0.717) is 10.7 Å². The molecule has 25 heavy (non-hydrogen) atoms. The molecular weight excluding hydrogens is 364 g/mol. The van der Waals surface area contributed by atoms with Gasteiger partial charge in [-0.1, -0.05) is 23.7 Å². The Balaban J connectivity index is 2.04. The Morgan fingerprint density at radius 2 is 1.60 bits per heavy atom. The minimum Gasteiger partial charge on any atom is -0.369 e. The minimum absolute atomic E-state index is 0.00479. The van der Waals surface area contributed by atoms with Crippen LogP contribution in [0.25, 0.3) is 0 Å². The molecule has 10 heteroatoms. The number of primary sulfonamides is 1. The Morgan fingerprint density at radius 3 is 2.16 bits per heavy atom. The zero-order chi connectivity index (χ0) is 18.2. The van der Waals surface area contributed by atoms with E-state index in [0.717, 1.165) is 5.56 Å². The van der Waals surface area contributed by atoms with Gasteiger partial charge in [0.05, 0.1) is 4.90 Å². The molecule has 2 aromatic carbocycles. The number of nitrogens with two attached hydrogens (primary N) is 3. The van der Waals surface area contributed by atoms with Crippen molar-refractivity contribution < 1.29 is 8.42 Å². The van der Waals surface area contributed by atoms with Crippen LogP contribution in [0.1, 0.15) is 11.7 Å². The van der Waals surface area contributed by atoms with E-state index in [4.69, 9.17) is 28.2 Å². The summed E-state index contributed by atoms with van der Waals surface area (Å²) in [5.74, 6) is 0.186. The topological polar surface area (TPSA) is 140 Å². The highest BCUT2D eigenvalue weighted by atomic mass is 35.5. The summed E-state index contributed by atoms with van der Waals surface area (Å²) in [4.78, 5) is 9.94. The van der Waals surface area contributed by atoms with Gasteiger partial charge in [-0.25, -0.2) is 18.5 Å². The van der Waals surface area contributed by atoms with Crippen molar-refractivity contribution in [2.75, 3.05) is 4.90 Å². The van der Waals surface area contributed by atoms with Gasteiger partial charge in [0, 0.05) is 10.7 Å². The van der Waals surface area contributed by atoms with Crippen LogP contribution in [0.3, 0.4) is 0 Å². The average molecular weight is 379 g/mol. The second-order valence-electron chi connectivity index (χ2n) is 5.29. The lowest BCUT2D eigenvalue weighted by Gasteiger charge is -2.32. The van der Waals surface area contributed by atoms with Gasteiger partial charge < -0.3 is 11.5 Å². The molecule has 0 fully saturated rings. The van der Waals surface area contributed by atoms with E-state index in [1.54, 1.807) is 41.3 Å². The van der Waals surface area contributed by atoms with E-state index >= 15 is 0 Å². The van der Waals surface area contributed by atoms with Gasteiger partial charge in [0.1, 0.15) is 0 Å². The molecule has 2 aromatic rings. The number of rotatable bonds is 3. The van der Waals surface area contributed by atoms with Crippen LogP contribution in [-0.4, -0.2) is 20.3 Å². The molecule has 0 saturated carbocycles. The van der Waals surface area contributed by atoms with Gasteiger partial charge in [-0.2, -0.15) is 4.99 Å². The van der Waals surface area contributed by atoms with Crippen LogP contribution in [0, 0.1) is 0 Å². The van der Waals surface area contributed by atoms with Crippen molar-refractivity contribution in [3.05, 3.63) is 59.1 Å². The molecule has 1 atom stereocenters. The third kappa shape index (κ3) is 3.58. The van der Waals surface area contributed by atoms with Crippen LogP contribution in [-0.2, 0) is 10.0 Å². The van der Waals surface area contributed by atoms with Crippen molar-refractivity contribution >= 4 is 39.2 Å². The van der Waals surface area contributed by atoms with Crippen LogP contribution in [0.4, 0.5) is 5.69 Å². The van der Waals surface area contributed by atoms with Gasteiger partial charge in [0.25, 0.3) is 0 Å². The molecule has 0 amide bonds. The van der Waals surface area contributed by atoms with E-state index in [9.17, 15) is 8.42 Å². The lowest BCUT2D eigenvalue weighted by Crippen LogP contribution is -2.44. The molecule has 0 radical (unpaired) electrons. The van der Waals surface area contributed by atoms with Crippen LogP contribution in [0.2, 0.25) is 5.02 Å². The quantitative estimate of drug-likeness (QED) is 0.734. The summed E-state index contributed by atoms with van der Waals surface area (Å²) >= 11 is 5.93. The number of anilines is 1. The van der Waals surface area contributed by atoms with Crippen molar-refractivity contribution in [3.63, 3.8) is 0 Å². The van der Waals surface area contributed by atoms with Crippen LogP contribution >= 0.6 is 11.6 Å². The number of guanidine groups is 2. The summed E-state index contributed by atoms with van der Waals surface area (Å²) in [5.41, 5.74) is 13.1. The highest BCUT2D eigenvalue weighted by Gasteiger charge is 2.27. The molecule has 1 heterocycles. The monoisotopic (exact) mass is 378 g/mol. The molecule has 1 aliphatic heterocycles. The summed E-state index contributed by atoms with van der Waals surface area (Å²) in [6.45, 7) is 0. The first-order valence-electron chi connectivity index (χ1n) is 7.11. The van der Waals surface area contributed by atoms with E-state index in [2.05, 4.69) is 9.98 Å². The highest BCUT2D eigenvalue weighted by molar-refractivity contribution is 7.89. The first-order valence-corrected chi connectivity index (χ1v) is 9.03. The maximum absolute atomic E-state index is 11.4. The van der Waals surface area contributed by atoms with Crippen molar-refractivity contribution in [2.45, 2.75) is 11.1 Å². The predicted octanol–water partition coefficient (Wildman–Crippen LogP) is 1.14. The van der Waals surface area contributed by atoms with Crippen molar-refractivity contribution in [3.8, 4) is 0 Å². The first-order chi connectivity index (χ1) is 11.8. The van der Waals surface area contributed by atoms with E-state index in [1.165, 1.54) is 12.1 Å². The predicted molar refractivity (Wildman–Crippen MR) is 97.7 cm³/mol. The summed E-state index contributed by atoms with van der Waals surface area (Å²) in [6, 6.07) is 13.0. The minimum atomic E-state index is -3.79. The maximum atomic E-state index is 11.4. The number of nitrogens with zero attached hydrogens (tertiary/aromatic N) is 3. The molecule has 0 aromatic heterocycles. The van der Waals surface area contributed by atoms with Gasteiger partial charge in [-0.15, -0.1) is 0 Å². The molecule has 8 nitrogen and oxygen atoms in total. The molecule has 130 valence electrons. The number of aliphatic imine (C=N–C) groups is 2. The fourth-order valence-electron chi connectivity index (χ4n) is 2.44. The number of sulfonamides is 1. The number of hydrogen-bond acceptors (Lipinski definition) is 7. The molecule has 3 rings (SSSR count). The normalized spacial score (nSPS) is 17.8. The van der Waals surface area contributed by atoms with Crippen LogP contribution in [0.15, 0.2) is 63.4 Å². The molecular formula is C15H15ClN6O2S. The van der Waals surface area contributed by atoms with Crippen LogP contribution in [0.5, 0.6) is 0 Å². The number of halogens is 1. The molecule has 6 N–H and O–H groups in total. The molecule has 0 spiro atoms. The average Bonchev–Trinajstić information content (AvgIpc) is 2.54. The zero-order valence-corrected chi connectivity index (χ0v) is 14.4. The summed E-state index contributed by atoms with van der Waals surface area (Å²) in [7, 11) is -3.79. The lowest BCUT2D eigenvalue weighted by molar-refractivity contribution is 0.598. The molecule has 0 aliphatic carbocycles. The third-order valence-corrected chi connectivity index (χ3v) is 4.77. The van der Waals surface area contributed by atoms with Gasteiger partial charge in [0.15, 0.2) is 6.17 Å². The largest absolute Gasteiger partial charge is 0.369 e. The Labute approximate surface area is 149 Å². The third-order valence-electron chi connectivity index (χ3n) is 3.59. The van der Waals surface area contributed by atoms with Crippen molar-refractivity contribution in [1.82, 2.24) is 0 Å². The number of hydrogen-bond donors (Lipinski definition) is 3. The highest BCUT2D eigenvalue weighted by Crippen LogP contribution is 2.31. The van der Waals surface area contributed by atoms with Crippen molar-refractivity contribution in [1.29, 1.82) is 0 Å². The van der Waals surface area contributed by atoms with E-state index < -0.39 is 16.2 Å². The molecule has 1 aliphatic rings. The van der Waals surface area contributed by atoms with Gasteiger partial charge in [0.2, 0.25) is 21.9 Å². The Bertz CT molecular complexity index is 955. The fourth-order valence-corrected chi connectivity index (χ4v) is 3.08. The van der Waals surface area contributed by atoms with Crippen molar-refractivity contribution in [2.24, 2.45) is 26.6 Å².